The molecule has 0 aliphatic heterocycles. The Bertz CT molecular complexity index is 586. The molecule has 0 fully saturated rings. The van der Waals surface area contributed by atoms with Crippen LogP contribution in [-0.2, 0) is 6.54 Å². The van der Waals surface area contributed by atoms with E-state index in [0.717, 1.165) is 12.2 Å². The molecule has 2 rings (SSSR count). The fourth-order valence-corrected chi connectivity index (χ4v) is 2.10. The molecule has 0 aliphatic rings. The van der Waals surface area contributed by atoms with Gasteiger partial charge in [-0.3, -0.25) is 0 Å². The summed E-state index contributed by atoms with van der Waals surface area (Å²) < 4.78 is 19.0. The van der Waals surface area contributed by atoms with E-state index in [1.165, 1.54) is 13.2 Å². The lowest BCUT2D eigenvalue weighted by Crippen LogP contribution is -2.22. The Morgan fingerprint density at radius 1 is 1.20 bits per heavy atom. The Kier molecular flexibility index (Phi) is 4.45. The Hall–Kier alpha value is -2.23. The summed E-state index contributed by atoms with van der Waals surface area (Å²) in [7, 11) is 1.53. The molecule has 2 N–H and O–H groups in total. The van der Waals surface area contributed by atoms with Crippen LogP contribution in [0, 0.1) is 5.82 Å². The fraction of sp³-hybridized carbons (Fsp3) is 0.250. The summed E-state index contributed by atoms with van der Waals surface area (Å²) in [6.07, 6.45) is 0. The molecule has 0 atom stereocenters. The van der Waals surface area contributed by atoms with Crippen molar-refractivity contribution in [2.24, 2.45) is 0 Å². The van der Waals surface area contributed by atoms with E-state index in [1.54, 1.807) is 12.1 Å². The third kappa shape index (κ3) is 3.20. The molecule has 0 saturated heterocycles. The first-order valence-electron chi connectivity index (χ1n) is 6.57. The van der Waals surface area contributed by atoms with Gasteiger partial charge in [-0.05, 0) is 31.2 Å². The molecule has 0 saturated carbocycles. The third-order valence-corrected chi connectivity index (χ3v) is 3.24. The molecule has 0 unspecified atom stereocenters. The Morgan fingerprint density at radius 2 is 2.00 bits per heavy atom. The molecule has 0 spiro atoms. The second-order valence-corrected chi connectivity index (χ2v) is 4.57. The van der Waals surface area contributed by atoms with Crippen molar-refractivity contribution in [1.82, 2.24) is 0 Å². The average molecular weight is 274 g/mol. The van der Waals surface area contributed by atoms with Gasteiger partial charge in [0.2, 0.25) is 0 Å². The summed E-state index contributed by atoms with van der Waals surface area (Å²) >= 11 is 0. The van der Waals surface area contributed by atoms with Crippen LogP contribution in [0.2, 0.25) is 0 Å². The summed E-state index contributed by atoms with van der Waals surface area (Å²) in [4.78, 5) is 2.07. The minimum atomic E-state index is -0.258. The lowest BCUT2D eigenvalue weighted by Gasteiger charge is -2.24. The summed E-state index contributed by atoms with van der Waals surface area (Å²) in [5.74, 6) is 0.268. The molecular weight excluding hydrogens is 255 g/mol. The van der Waals surface area contributed by atoms with Crippen LogP contribution < -0.4 is 15.4 Å². The molecule has 0 radical (unpaired) electrons. The maximum Gasteiger partial charge on any atom is 0.131 e. The average Bonchev–Trinajstić information content (AvgIpc) is 2.46. The van der Waals surface area contributed by atoms with Gasteiger partial charge in [0, 0.05) is 36.1 Å². The van der Waals surface area contributed by atoms with Gasteiger partial charge in [0.25, 0.3) is 0 Å². The molecule has 20 heavy (non-hydrogen) atoms. The molecule has 0 bridgehead atoms. The van der Waals surface area contributed by atoms with Gasteiger partial charge in [-0.2, -0.15) is 0 Å². The number of hydrogen-bond acceptors (Lipinski definition) is 3. The number of nitrogens with two attached hydrogens (primary N) is 1. The smallest absolute Gasteiger partial charge is 0.131 e. The third-order valence-electron chi connectivity index (χ3n) is 3.24. The summed E-state index contributed by atoms with van der Waals surface area (Å²) in [6.45, 7) is 3.30. The van der Waals surface area contributed by atoms with Crippen LogP contribution >= 0.6 is 0 Å². The van der Waals surface area contributed by atoms with Crippen molar-refractivity contribution in [1.29, 1.82) is 0 Å². The highest BCUT2D eigenvalue weighted by Gasteiger charge is 2.10. The number of anilines is 2. The Labute approximate surface area is 118 Å². The van der Waals surface area contributed by atoms with E-state index in [-0.39, 0.29) is 5.82 Å². The SMILES string of the molecule is CCN(Cc1ccc(OC)cc1F)c1cccc(N)c1. The maximum absolute atomic E-state index is 14.0. The molecule has 4 heteroatoms. The van der Waals surface area contributed by atoms with Crippen molar-refractivity contribution in [3.8, 4) is 5.75 Å². The largest absolute Gasteiger partial charge is 0.497 e. The zero-order valence-electron chi connectivity index (χ0n) is 11.8. The normalized spacial score (nSPS) is 10.3. The van der Waals surface area contributed by atoms with Gasteiger partial charge in [0.05, 0.1) is 7.11 Å². The number of methoxy groups -OCH3 is 1. The Morgan fingerprint density at radius 3 is 2.60 bits per heavy atom. The first-order chi connectivity index (χ1) is 9.63. The van der Waals surface area contributed by atoms with Gasteiger partial charge in [-0.25, -0.2) is 4.39 Å². The van der Waals surface area contributed by atoms with Crippen molar-refractivity contribution >= 4 is 11.4 Å². The van der Waals surface area contributed by atoms with Gasteiger partial charge < -0.3 is 15.4 Å². The van der Waals surface area contributed by atoms with E-state index in [0.29, 0.717) is 23.5 Å². The second-order valence-electron chi connectivity index (χ2n) is 4.57. The highest BCUT2D eigenvalue weighted by Crippen LogP contribution is 2.22. The van der Waals surface area contributed by atoms with E-state index in [2.05, 4.69) is 4.90 Å². The number of nitrogen functional groups attached to an aromatic ring is 1. The van der Waals surface area contributed by atoms with E-state index in [4.69, 9.17) is 10.5 Å². The molecule has 0 amide bonds. The predicted molar refractivity (Wildman–Crippen MR) is 80.5 cm³/mol. The number of rotatable bonds is 5. The second kappa shape index (κ2) is 6.28. The fourth-order valence-electron chi connectivity index (χ4n) is 2.10. The van der Waals surface area contributed by atoms with Crippen LogP contribution in [0.3, 0.4) is 0 Å². The molecule has 3 nitrogen and oxygen atoms in total. The van der Waals surface area contributed by atoms with Crippen molar-refractivity contribution in [2.75, 3.05) is 24.3 Å². The van der Waals surface area contributed by atoms with Crippen LogP contribution in [0.25, 0.3) is 0 Å². The molecule has 0 heterocycles. The molecule has 106 valence electrons. The van der Waals surface area contributed by atoms with Crippen LogP contribution in [0.5, 0.6) is 5.75 Å². The molecule has 0 aliphatic carbocycles. The summed E-state index contributed by atoms with van der Waals surface area (Å²) in [6, 6.07) is 12.5. The predicted octanol–water partition coefficient (Wildman–Crippen LogP) is 3.44. The monoisotopic (exact) mass is 274 g/mol. The highest BCUT2D eigenvalue weighted by atomic mass is 19.1. The topological polar surface area (TPSA) is 38.5 Å². The van der Waals surface area contributed by atoms with E-state index >= 15 is 0 Å². The molecule has 0 aromatic heterocycles. The van der Waals surface area contributed by atoms with Gasteiger partial charge in [-0.1, -0.05) is 12.1 Å². The van der Waals surface area contributed by atoms with Crippen molar-refractivity contribution in [2.45, 2.75) is 13.5 Å². The standard InChI is InChI=1S/C16H19FN2O/c1-3-19(14-6-4-5-13(18)9-14)11-12-7-8-15(20-2)10-16(12)17/h4-10H,3,11,18H2,1-2H3. The van der Waals surface area contributed by atoms with E-state index < -0.39 is 0 Å². The number of halogens is 1. The molecule has 2 aromatic carbocycles. The Balaban J connectivity index is 2.22. The van der Waals surface area contributed by atoms with Crippen LogP contribution in [-0.4, -0.2) is 13.7 Å². The minimum Gasteiger partial charge on any atom is -0.497 e. The van der Waals surface area contributed by atoms with Gasteiger partial charge in [-0.15, -0.1) is 0 Å². The summed E-state index contributed by atoms with van der Waals surface area (Å²) in [5, 5.41) is 0. The quantitative estimate of drug-likeness (QED) is 0.849. The minimum absolute atomic E-state index is 0.258. The number of benzene rings is 2. The lowest BCUT2D eigenvalue weighted by atomic mass is 10.1. The van der Waals surface area contributed by atoms with Gasteiger partial charge in [0.1, 0.15) is 11.6 Å². The molecular formula is C16H19FN2O. The van der Waals surface area contributed by atoms with Crippen LogP contribution in [0.1, 0.15) is 12.5 Å². The zero-order chi connectivity index (χ0) is 14.5. The first kappa shape index (κ1) is 14.2. The zero-order valence-corrected chi connectivity index (χ0v) is 11.8. The van der Waals surface area contributed by atoms with E-state index in [1.807, 2.05) is 31.2 Å². The van der Waals surface area contributed by atoms with Crippen molar-refractivity contribution < 1.29 is 9.13 Å². The molecule has 2 aromatic rings. The first-order valence-corrected chi connectivity index (χ1v) is 6.57. The summed E-state index contributed by atoms with van der Waals surface area (Å²) in [5.41, 5.74) is 8.12. The maximum atomic E-state index is 14.0. The van der Waals surface area contributed by atoms with Crippen molar-refractivity contribution in [3.63, 3.8) is 0 Å². The van der Waals surface area contributed by atoms with Gasteiger partial charge >= 0.3 is 0 Å². The van der Waals surface area contributed by atoms with E-state index in [9.17, 15) is 4.39 Å². The lowest BCUT2D eigenvalue weighted by molar-refractivity contribution is 0.410. The number of hydrogen-bond donors (Lipinski definition) is 1. The number of nitrogens with zero attached hydrogens (tertiary/aromatic N) is 1. The number of ether oxygens (including phenoxy) is 1. The van der Waals surface area contributed by atoms with Crippen LogP contribution in [0.4, 0.5) is 15.8 Å². The van der Waals surface area contributed by atoms with Crippen LogP contribution in [0.15, 0.2) is 42.5 Å². The van der Waals surface area contributed by atoms with Gasteiger partial charge in [0.15, 0.2) is 0 Å². The van der Waals surface area contributed by atoms with Crippen molar-refractivity contribution in [3.05, 3.63) is 53.8 Å². The highest BCUT2D eigenvalue weighted by molar-refractivity contribution is 5.56.